The summed E-state index contributed by atoms with van der Waals surface area (Å²) in [5, 5.41) is 17.9. The number of nitrogens with zero attached hydrogens (tertiary/aromatic N) is 4. The van der Waals surface area contributed by atoms with Crippen LogP contribution in [0.1, 0.15) is 31.8 Å². The van der Waals surface area contributed by atoms with Gasteiger partial charge in [-0.05, 0) is 6.07 Å². The van der Waals surface area contributed by atoms with Gasteiger partial charge in [0.1, 0.15) is 5.56 Å². The van der Waals surface area contributed by atoms with E-state index < -0.39 is 5.78 Å². The number of rotatable bonds is 0. The normalized spacial score (nSPS) is 12.1. The minimum Gasteiger partial charge on any atom is -0.289 e. The highest BCUT2D eigenvalue weighted by Gasteiger charge is 2.42. The molecule has 0 spiro atoms. The van der Waals surface area contributed by atoms with Gasteiger partial charge in [-0.2, -0.15) is 0 Å². The van der Waals surface area contributed by atoms with Crippen LogP contribution in [0.15, 0.2) is 36.4 Å². The SMILES string of the molecule is N#[N+]c1ccc2c(c1[N+]#N)C(=O)c1ccccc1C2=O. The van der Waals surface area contributed by atoms with Gasteiger partial charge in [-0.25, -0.2) is 0 Å². The van der Waals surface area contributed by atoms with E-state index >= 15 is 0 Å². The summed E-state index contributed by atoms with van der Waals surface area (Å²) in [5.74, 6) is -0.766. The van der Waals surface area contributed by atoms with E-state index in [0.29, 0.717) is 5.56 Å². The molecule has 1 aliphatic rings. The molecule has 0 fully saturated rings. The highest BCUT2D eigenvalue weighted by molar-refractivity contribution is 6.30. The first-order chi connectivity index (χ1) is 9.69. The lowest BCUT2D eigenvalue weighted by Crippen LogP contribution is -2.20. The third-order valence-electron chi connectivity index (χ3n) is 3.25. The summed E-state index contributed by atoms with van der Waals surface area (Å²) in [7, 11) is 0. The number of hydrogen-bond donors (Lipinski definition) is 0. The van der Waals surface area contributed by atoms with Gasteiger partial charge in [0, 0.05) is 22.8 Å². The molecule has 0 radical (unpaired) electrons. The lowest BCUT2D eigenvalue weighted by Gasteiger charge is -2.14. The first-order valence-electron chi connectivity index (χ1n) is 5.74. The van der Waals surface area contributed by atoms with Crippen molar-refractivity contribution >= 4 is 22.9 Å². The van der Waals surface area contributed by atoms with Crippen molar-refractivity contribution < 1.29 is 9.59 Å². The Hall–Kier alpha value is -3.38. The monoisotopic (exact) mass is 262 g/mol. The second kappa shape index (κ2) is 4.08. The van der Waals surface area contributed by atoms with E-state index in [1.54, 1.807) is 18.2 Å². The van der Waals surface area contributed by atoms with E-state index in [9.17, 15) is 9.59 Å². The predicted molar refractivity (Wildman–Crippen MR) is 69.2 cm³/mol. The zero-order valence-corrected chi connectivity index (χ0v) is 10.1. The van der Waals surface area contributed by atoms with E-state index in [2.05, 4.69) is 9.95 Å². The van der Waals surface area contributed by atoms with Gasteiger partial charge < -0.3 is 0 Å². The zero-order chi connectivity index (χ0) is 14.3. The lowest BCUT2D eigenvalue weighted by molar-refractivity contribution is 0.0980. The van der Waals surface area contributed by atoms with Crippen molar-refractivity contribution in [3.05, 3.63) is 68.6 Å². The van der Waals surface area contributed by atoms with Crippen molar-refractivity contribution in [3.8, 4) is 0 Å². The second-order valence-corrected chi connectivity index (χ2v) is 4.26. The zero-order valence-electron chi connectivity index (χ0n) is 10.1. The minimum absolute atomic E-state index is 0.0495. The first-order valence-corrected chi connectivity index (χ1v) is 5.74. The quantitative estimate of drug-likeness (QED) is 0.580. The van der Waals surface area contributed by atoms with Crippen LogP contribution in [0.5, 0.6) is 0 Å². The molecule has 0 N–H and O–H groups in total. The number of carbonyl (C=O) groups is 2. The molecule has 0 saturated carbocycles. The van der Waals surface area contributed by atoms with Crippen LogP contribution in [0.2, 0.25) is 0 Å². The minimum atomic E-state index is -0.437. The fourth-order valence-corrected chi connectivity index (χ4v) is 2.34. The van der Waals surface area contributed by atoms with Crippen LogP contribution in [-0.2, 0) is 0 Å². The van der Waals surface area contributed by atoms with Crippen LogP contribution in [0, 0.1) is 10.8 Å². The molecule has 0 unspecified atom stereocenters. The van der Waals surface area contributed by atoms with Gasteiger partial charge in [-0.1, -0.05) is 24.3 Å². The Bertz CT molecular complexity index is 872. The summed E-state index contributed by atoms with van der Waals surface area (Å²) in [5.41, 5.74) is 0.345. The van der Waals surface area contributed by atoms with Crippen molar-refractivity contribution in [2.24, 2.45) is 0 Å². The molecular weight excluding hydrogens is 256 g/mol. The largest absolute Gasteiger partial charge is 0.490 e. The molecule has 0 aliphatic heterocycles. The summed E-state index contributed by atoms with van der Waals surface area (Å²) in [6.45, 7) is 0. The maximum atomic E-state index is 12.5. The van der Waals surface area contributed by atoms with E-state index in [0.717, 1.165) is 0 Å². The second-order valence-electron chi connectivity index (χ2n) is 4.26. The Balaban J connectivity index is 2.41. The Morgan fingerprint density at radius 3 is 2.00 bits per heavy atom. The molecule has 3 rings (SSSR count). The highest BCUT2D eigenvalue weighted by atomic mass is 16.1. The smallest absolute Gasteiger partial charge is 0.289 e. The van der Waals surface area contributed by atoms with Crippen LogP contribution in [-0.4, -0.2) is 11.6 Å². The molecule has 2 aromatic carbocycles. The first kappa shape index (κ1) is 11.7. The number of fused-ring (bicyclic) bond motifs is 2. The molecule has 2 aromatic rings. The van der Waals surface area contributed by atoms with Gasteiger partial charge in [0.25, 0.3) is 0 Å². The Labute approximate surface area is 112 Å². The van der Waals surface area contributed by atoms with Crippen molar-refractivity contribution in [1.82, 2.24) is 0 Å². The molecule has 1 aliphatic carbocycles. The summed E-state index contributed by atoms with van der Waals surface area (Å²) in [4.78, 5) is 30.7. The van der Waals surface area contributed by atoms with Crippen molar-refractivity contribution in [3.63, 3.8) is 0 Å². The maximum absolute atomic E-state index is 12.5. The van der Waals surface area contributed by atoms with Crippen molar-refractivity contribution in [2.75, 3.05) is 0 Å². The number of hydrogen-bond acceptors (Lipinski definition) is 4. The number of benzene rings is 2. The molecule has 0 bridgehead atoms. The van der Waals surface area contributed by atoms with Gasteiger partial charge in [0.15, 0.2) is 15.7 Å². The van der Waals surface area contributed by atoms with Crippen LogP contribution in [0.3, 0.4) is 0 Å². The van der Waals surface area contributed by atoms with Gasteiger partial charge in [0.05, 0.1) is 0 Å². The molecule has 6 nitrogen and oxygen atoms in total. The van der Waals surface area contributed by atoms with E-state index in [1.807, 2.05) is 0 Å². The van der Waals surface area contributed by atoms with Gasteiger partial charge in [-0.15, -0.1) is 0 Å². The maximum Gasteiger partial charge on any atom is 0.490 e. The fourth-order valence-electron chi connectivity index (χ4n) is 2.34. The number of ketones is 2. The van der Waals surface area contributed by atoms with E-state index in [-0.39, 0.29) is 33.8 Å². The van der Waals surface area contributed by atoms with Crippen molar-refractivity contribution in [1.29, 1.82) is 10.8 Å². The molecule has 6 heteroatoms. The molecule has 0 amide bonds. The van der Waals surface area contributed by atoms with E-state index in [4.69, 9.17) is 10.8 Å². The molecule has 20 heavy (non-hydrogen) atoms. The molecule has 0 saturated heterocycles. The molecular formula is C14H6N4O2+2. The van der Waals surface area contributed by atoms with Crippen LogP contribution in [0.4, 0.5) is 11.4 Å². The number of diazo groups is 2. The van der Waals surface area contributed by atoms with Crippen molar-refractivity contribution in [2.45, 2.75) is 0 Å². The standard InChI is InChI=1S/C14H6N4O2/c15-17-10-6-5-9-11(12(10)18-16)14(20)8-4-2-1-3-7(8)13(9)19/h1-6H/q+2. The molecule has 92 valence electrons. The van der Waals surface area contributed by atoms with Crippen LogP contribution >= 0.6 is 0 Å². The molecule has 0 aromatic heterocycles. The molecule has 0 heterocycles. The fraction of sp³-hybridized carbons (Fsp3) is 0. The van der Waals surface area contributed by atoms with E-state index in [1.165, 1.54) is 18.2 Å². The Morgan fingerprint density at radius 2 is 1.40 bits per heavy atom. The number of carbonyl (C=O) groups excluding carboxylic acids is 2. The highest BCUT2D eigenvalue weighted by Crippen LogP contribution is 2.39. The lowest BCUT2D eigenvalue weighted by atomic mass is 9.83. The topological polar surface area (TPSA) is 90.4 Å². The summed E-state index contributed by atoms with van der Waals surface area (Å²) >= 11 is 0. The van der Waals surface area contributed by atoms with Gasteiger partial charge >= 0.3 is 11.4 Å². The average Bonchev–Trinajstić information content (AvgIpc) is 2.51. The average molecular weight is 262 g/mol. The summed E-state index contributed by atoms with van der Waals surface area (Å²) in [6.07, 6.45) is 0. The third kappa shape index (κ3) is 1.36. The Morgan fingerprint density at radius 1 is 0.750 bits per heavy atom. The molecule has 0 atom stereocenters. The summed E-state index contributed by atoms with van der Waals surface area (Å²) in [6, 6.07) is 9.11. The van der Waals surface area contributed by atoms with Gasteiger partial charge in [-0.3, -0.25) is 9.59 Å². The Kier molecular flexibility index (Phi) is 2.38. The van der Waals surface area contributed by atoms with Gasteiger partial charge in [0.2, 0.25) is 16.6 Å². The van der Waals surface area contributed by atoms with Crippen LogP contribution < -0.4 is 0 Å². The summed E-state index contributed by atoms with van der Waals surface area (Å²) < 4.78 is 0. The third-order valence-corrected chi connectivity index (χ3v) is 3.25. The predicted octanol–water partition coefficient (Wildman–Crippen LogP) is 3.43. The van der Waals surface area contributed by atoms with Crippen LogP contribution in [0.25, 0.3) is 9.95 Å².